The summed E-state index contributed by atoms with van der Waals surface area (Å²) in [5.74, 6) is 0.525. The normalized spacial score (nSPS) is 23.2. The third-order valence-corrected chi connectivity index (χ3v) is 5.36. The van der Waals surface area contributed by atoms with E-state index in [-0.39, 0.29) is 17.8 Å². The van der Waals surface area contributed by atoms with E-state index in [0.717, 1.165) is 18.7 Å². The predicted molar refractivity (Wildman–Crippen MR) is 104 cm³/mol. The quantitative estimate of drug-likeness (QED) is 0.724. The van der Waals surface area contributed by atoms with Gasteiger partial charge in [0.15, 0.2) is 0 Å². The van der Waals surface area contributed by atoms with Crippen LogP contribution < -0.4 is 5.32 Å². The molecule has 3 aromatic rings. The van der Waals surface area contributed by atoms with Crippen LogP contribution in [0.25, 0.3) is 10.8 Å². The lowest BCUT2D eigenvalue weighted by atomic mass is 9.80. The molecule has 3 aromatic carbocycles. The summed E-state index contributed by atoms with van der Waals surface area (Å²) in [6.07, 6.45) is 0.0793. The van der Waals surface area contributed by atoms with E-state index in [9.17, 15) is 4.39 Å². The number of fused-ring (bicyclic) bond motifs is 1. The lowest BCUT2D eigenvalue weighted by Crippen LogP contribution is -2.45. The number of hydrogen-bond donors (Lipinski definition) is 1. The van der Waals surface area contributed by atoms with Gasteiger partial charge in [0, 0.05) is 12.5 Å². The molecular formula is C23H24FNO. The van der Waals surface area contributed by atoms with E-state index < -0.39 is 0 Å². The first-order valence-corrected chi connectivity index (χ1v) is 9.26. The predicted octanol–water partition coefficient (Wildman–Crippen LogP) is 4.89. The highest BCUT2D eigenvalue weighted by Crippen LogP contribution is 2.33. The van der Waals surface area contributed by atoms with Crippen molar-refractivity contribution in [2.45, 2.75) is 25.6 Å². The number of ether oxygens (including phenoxy) is 1. The molecule has 0 amide bonds. The molecule has 1 aliphatic heterocycles. The monoisotopic (exact) mass is 349 g/mol. The zero-order valence-electron chi connectivity index (χ0n) is 15.0. The maximum absolute atomic E-state index is 13.3. The van der Waals surface area contributed by atoms with Crippen molar-refractivity contribution in [3.8, 4) is 0 Å². The molecule has 0 aliphatic carbocycles. The molecule has 1 aliphatic rings. The maximum atomic E-state index is 13.3. The molecule has 0 spiro atoms. The molecule has 0 aromatic heterocycles. The van der Waals surface area contributed by atoms with Crippen LogP contribution in [0.4, 0.5) is 4.39 Å². The number of halogens is 1. The van der Waals surface area contributed by atoms with Crippen LogP contribution >= 0.6 is 0 Å². The lowest BCUT2D eigenvalue weighted by Gasteiger charge is -2.37. The Morgan fingerprint density at radius 2 is 1.73 bits per heavy atom. The highest BCUT2D eigenvalue weighted by Gasteiger charge is 2.32. The SMILES string of the molecule is CC1CNCC(OCc2ccc3ccccc3c2)C1c1ccc(F)cc1. The van der Waals surface area contributed by atoms with Gasteiger partial charge in [0.2, 0.25) is 0 Å². The van der Waals surface area contributed by atoms with Crippen molar-refractivity contribution in [1.82, 2.24) is 5.32 Å². The van der Waals surface area contributed by atoms with Gasteiger partial charge in [-0.05, 0) is 52.6 Å². The van der Waals surface area contributed by atoms with Gasteiger partial charge in [-0.25, -0.2) is 4.39 Å². The molecule has 134 valence electrons. The molecule has 1 N–H and O–H groups in total. The third kappa shape index (κ3) is 3.64. The Kier molecular flexibility index (Phi) is 5.00. The van der Waals surface area contributed by atoms with Crippen LogP contribution in [-0.4, -0.2) is 19.2 Å². The van der Waals surface area contributed by atoms with Crippen LogP contribution in [0.5, 0.6) is 0 Å². The fraction of sp³-hybridized carbons (Fsp3) is 0.304. The summed E-state index contributed by atoms with van der Waals surface area (Å²) in [4.78, 5) is 0. The van der Waals surface area contributed by atoms with Gasteiger partial charge in [-0.2, -0.15) is 0 Å². The van der Waals surface area contributed by atoms with E-state index in [0.29, 0.717) is 12.5 Å². The minimum absolute atomic E-state index is 0.0793. The first kappa shape index (κ1) is 17.2. The summed E-state index contributed by atoms with van der Waals surface area (Å²) in [7, 11) is 0. The van der Waals surface area contributed by atoms with Crippen molar-refractivity contribution < 1.29 is 9.13 Å². The number of hydrogen-bond acceptors (Lipinski definition) is 2. The van der Waals surface area contributed by atoms with E-state index in [1.165, 1.54) is 16.3 Å². The van der Waals surface area contributed by atoms with E-state index in [1.807, 2.05) is 12.1 Å². The molecule has 0 radical (unpaired) electrons. The van der Waals surface area contributed by atoms with E-state index in [2.05, 4.69) is 54.7 Å². The van der Waals surface area contributed by atoms with Crippen LogP contribution in [0, 0.1) is 11.7 Å². The van der Waals surface area contributed by atoms with Crippen molar-refractivity contribution in [3.63, 3.8) is 0 Å². The van der Waals surface area contributed by atoms with Crippen LogP contribution in [0.2, 0.25) is 0 Å². The minimum Gasteiger partial charge on any atom is -0.372 e. The second-order valence-corrected chi connectivity index (χ2v) is 7.24. The molecule has 4 rings (SSSR count). The summed E-state index contributed by atoms with van der Waals surface area (Å²) in [5.41, 5.74) is 2.34. The smallest absolute Gasteiger partial charge is 0.123 e. The van der Waals surface area contributed by atoms with Crippen LogP contribution in [-0.2, 0) is 11.3 Å². The molecule has 1 fully saturated rings. The highest BCUT2D eigenvalue weighted by atomic mass is 19.1. The first-order chi connectivity index (χ1) is 12.7. The first-order valence-electron chi connectivity index (χ1n) is 9.26. The summed E-state index contributed by atoms with van der Waals surface area (Å²) in [5, 5.41) is 5.94. The van der Waals surface area contributed by atoms with E-state index in [4.69, 9.17) is 4.74 Å². The number of piperidine rings is 1. The second-order valence-electron chi connectivity index (χ2n) is 7.24. The van der Waals surface area contributed by atoms with Crippen LogP contribution in [0.1, 0.15) is 24.0 Å². The lowest BCUT2D eigenvalue weighted by molar-refractivity contribution is -0.00331. The number of benzene rings is 3. The van der Waals surface area contributed by atoms with Gasteiger partial charge in [-0.1, -0.05) is 55.5 Å². The van der Waals surface area contributed by atoms with Gasteiger partial charge in [0.1, 0.15) is 5.82 Å². The largest absolute Gasteiger partial charge is 0.372 e. The Morgan fingerprint density at radius 3 is 2.54 bits per heavy atom. The standard InChI is InChI=1S/C23H24FNO/c1-16-13-25-14-22(23(16)19-8-10-21(24)11-9-19)26-15-17-6-7-18-4-2-3-5-20(18)12-17/h2-12,16,22-23,25H,13-15H2,1H3. The summed E-state index contributed by atoms with van der Waals surface area (Å²) in [6.45, 7) is 4.59. The summed E-state index contributed by atoms with van der Waals surface area (Å²) >= 11 is 0. The Morgan fingerprint density at radius 1 is 0.962 bits per heavy atom. The van der Waals surface area contributed by atoms with Crippen molar-refractivity contribution in [2.75, 3.05) is 13.1 Å². The fourth-order valence-corrected chi connectivity index (χ4v) is 4.00. The van der Waals surface area contributed by atoms with Gasteiger partial charge in [0.25, 0.3) is 0 Å². The second kappa shape index (κ2) is 7.56. The Bertz CT molecular complexity index is 877. The maximum Gasteiger partial charge on any atom is 0.123 e. The number of rotatable bonds is 4. The topological polar surface area (TPSA) is 21.3 Å². The van der Waals surface area contributed by atoms with Crippen LogP contribution in [0.3, 0.4) is 0 Å². The van der Waals surface area contributed by atoms with Crippen molar-refractivity contribution in [2.24, 2.45) is 5.92 Å². The fourth-order valence-electron chi connectivity index (χ4n) is 4.00. The third-order valence-electron chi connectivity index (χ3n) is 5.36. The Hall–Kier alpha value is -2.23. The van der Waals surface area contributed by atoms with E-state index >= 15 is 0 Å². The van der Waals surface area contributed by atoms with Gasteiger partial charge in [-0.3, -0.25) is 0 Å². The zero-order chi connectivity index (χ0) is 17.9. The zero-order valence-corrected chi connectivity index (χ0v) is 15.0. The number of nitrogens with one attached hydrogen (secondary N) is 1. The highest BCUT2D eigenvalue weighted by molar-refractivity contribution is 5.82. The van der Waals surface area contributed by atoms with Gasteiger partial charge >= 0.3 is 0 Å². The van der Waals surface area contributed by atoms with Gasteiger partial charge in [0.05, 0.1) is 12.7 Å². The van der Waals surface area contributed by atoms with E-state index in [1.54, 1.807) is 12.1 Å². The van der Waals surface area contributed by atoms with Crippen molar-refractivity contribution >= 4 is 10.8 Å². The molecule has 3 heteroatoms. The average Bonchev–Trinajstić information content (AvgIpc) is 2.67. The van der Waals surface area contributed by atoms with Gasteiger partial charge in [-0.15, -0.1) is 0 Å². The molecule has 3 unspecified atom stereocenters. The molecule has 3 atom stereocenters. The Balaban J connectivity index is 1.51. The summed E-state index contributed by atoms with van der Waals surface area (Å²) < 4.78 is 19.6. The average molecular weight is 349 g/mol. The molecule has 0 bridgehead atoms. The molecule has 1 heterocycles. The van der Waals surface area contributed by atoms with Crippen molar-refractivity contribution in [3.05, 3.63) is 83.7 Å². The van der Waals surface area contributed by atoms with Crippen molar-refractivity contribution in [1.29, 1.82) is 0 Å². The molecule has 1 saturated heterocycles. The molecule has 26 heavy (non-hydrogen) atoms. The minimum atomic E-state index is -0.191. The van der Waals surface area contributed by atoms with Gasteiger partial charge < -0.3 is 10.1 Å². The molecule has 2 nitrogen and oxygen atoms in total. The molecular weight excluding hydrogens is 325 g/mol. The Labute approximate surface area is 154 Å². The summed E-state index contributed by atoms with van der Waals surface area (Å²) in [6, 6.07) is 21.7. The molecule has 0 saturated carbocycles. The van der Waals surface area contributed by atoms with Crippen LogP contribution in [0.15, 0.2) is 66.7 Å².